The molecule has 4 heterocycles. The van der Waals surface area contributed by atoms with Gasteiger partial charge in [0.2, 0.25) is 5.95 Å². The minimum Gasteiger partial charge on any atom is -0.396 e. The number of rotatable bonds is 5. The summed E-state index contributed by atoms with van der Waals surface area (Å²) in [4.78, 5) is 15.1. The van der Waals surface area contributed by atoms with Crippen molar-refractivity contribution in [2.24, 2.45) is 0 Å². The summed E-state index contributed by atoms with van der Waals surface area (Å²) < 4.78 is 27.6. The highest BCUT2D eigenvalue weighted by Crippen LogP contribution is 2.40. The lowest BCUT2D eigenvalue weighted by atomic mass is 10.1. The number of fused-ring (bicyclic) bond motifs is 2. The van der Waals surface area contributed by atoms with Crippen molar-refractivity contribution in [1.82, 2.24) is 18.9 Å². The fourth-order valence-electron chi connectivity index (χ4n) is 4.39. The number of hydrogen-bond acceptors (Lipinski definition) is 8. The summed E-state index contributed by atoms with van der Waals surface area (Å²) >= 11 is 6.29. The third-order valence-corrected chi connectivity index (χ3v) is 8.23. The van der Waals surface area contributed by atoms with Crippen LogP contribution < -0.4 is 10.6 Å². The summed E-state index contributed by atoms with van der Waals surface area (Å²) in [5.41, 5.74) is 9.65. The Labute approximate surface area is 201 Å². The molecule has 1 aromatic carbocycles. The number of pyridine rings is 1. The van der Waals surface area contributed by atoms with Gasteiger partial charge in [0.1, 0.15) is 11.0 Å². The topological polar surface area (TPSA) is 127 Å². The van der Waals surface area contributed by atoms with Gasteiger partial charge in [-0.05, 0) is 43.2 Å². The van der Waals surface area contributed by atoms with Gasteiger partial charge in [0.25, 0.3) is 10.0 Å². The van der Waals surface area contributed by atoms with E-state index in [1.54, 1.807) is 36.5 Å². The normalized spacial score (nSPS) is 15.8. The lowest BCUT2D eigenvalue weighted by Crippen LogP contribution is -2.23. The monoisotopic (exact) mass is 498 g/mol. The maximum Gasteiger partial charge on any atom is 0.269 e. The van der Waals surface area contributed by atoms with Gasteiger partial charge in [0.05, 0.1) is 11.5 Å². The third-order valence-electron chi connectivity index (χ3n) is 6.26. The van der Waals surface area contributed by atoms with Crippen LogP contribution in [0.3, 0.4) is 0 Å². The molecule has 0 saturated heterocycles. The van der Waals surface area contributed by atoms with Crippen molar-refractivity contribution in [3.63, 3.8) is 0 Å². The molecule has 1 unspecified atom stereocenters. The van der Waals surface area contributed by atoms with Gasteiger partial charge < -0.3 is 15.7 Å². The molecule has 0 aliphatic carbocycles. The summed E-state index contributed by atoms with van der Waals surface area (Å²) in [6.07, 6.45) is 3.21. The predicted octanol–water partition coefficient (Wildman–Crippen LogP) is 3.01. The van der Waals surface area contributed by atoms with Gasteiger partial charge >= 0.3 is 0 Å². The Bertz CT molecular complexity index is 1520. The minimum atomic E-state index is -3.78. The molecule has 0 bridgehead atoms. The molecule has 1 aliphatic rings. The van der Waals surface area contributed by atoms with Gasteiger partial charge in [-0.1, -0.05) is 29.3 Å². The van der Waals surface area contributed by atoms with Gasteiger partial charge in [-0.2, -0.15) is 4.98 Å². The second-order valence-corrected chi connectivity index (χ2v) is 10.6. The van der Waals surface area contributed by atoms with Gasteiger partial charge in [-0.25, -0.2) is 22.4 Å². The number of aliphatic hydroxyl groups is 1. The number of aryl methyl sites for hydroxylation is 2. The first kappa shape index (κ1) is 22.6. The first-order chi connectivity index (χ1) is 16.2. The van der Waals surface area contributed by atoms with Crippen LogP contribution in [0.2, 0.25) is 5.15 Å². The number of nitrogens with two attached hydrogens (primary N) is 1. The molecule has 9 nitrogen and oxygen atoms in total. The molecular formula is C23H23ClN6O3S. The molecule has 11 heteroatoms. The fraction of sp³-hybridized carbons (Fsp3) is 0.261. The van der Waals surface area contributed by atoms with Crippen molar-refractivity contribution in [3.05, 3.63) is 70.1 Å². The van der Waals surface area contributed by atoms with Crippen molar-refractivity contribution in [2.45, 2.75) is 31.2 Å². The van der Waals surface area contributed by atoms with Crippen LogP contribution >= 0.6 is 11.6 Å². The van der Waals surface area contributed by atoms with Crippen LogP contribution in [0.5, 0.6) is 0 Å². The number of anilines is 2. The van der Waals surface area contributed by atoms with Crippen LogP contribution in [-0.4, -0.2) is 45.6 Å². The summed E-state index contributed by atoms with van der Waals surface area (Å²) in [5.74, 6) is 0.437. The molecule has 4 aromatic rings. The van der Waals surface area contributed by atoms with E-state index >= 15 is 0 Å². The molecule has 34 heavy (non-hydrogen) atoms. The molecule has 3 aromatic heterocycles. The maximum atomic E-state index is 13.2. The molecular weight excluding hydrogens is 476 g/mol. The smallest absolute Gasteiger partial charge is 0.269 e. The van der Waals surface area contributed by atoms with Crippen molar-refractivity contribution in [2.75, 3.05) is 23.8 Å². The molecule has 3 N–H and O–H groups in total. The Morgan fingerprint density at radius 3 is 2.62 bits per heavy atom. The summed E-state index contributed by atoms with van der Waals surface area (Å²) in [6.45, 7) is 4.70. The second kappa shape index (κ2) is 8.23. The number of nitrogens with zero attached hydrogens (tertiary/aromatic N) is 5. The molecule has 1 aliphatic heterocycles. The zero-order valence-corrected chi connectivity index (χ0v) is 20.2. The Kier molecular flexibility index (Phi) is 5.46. The van der Waals surface area contributed by atoms with Crippen molar-refractivity contribution in [1.29, 1.82) is 0 Å². The van der Waals surface area contributed by atoms with Crippen LogP contribution in [0.15, 0.2) is 47.6 Å². The summed E-state index contributed by atoms with van der Waals surface area (Å²) in [7, 11) is -3.78. The Hall–Kier alpha value is -3.21. The van der Waals surface area contributed by atoms with Crippen LogP contribution in [0.4, 0.5) is 11.8 Å². The summed E-state index contributed by atoms with van der Waals surface area (Å²) in [5, 5.41) is 10.8. The first-order valence-corrected chi connectivity index (χ1v) is 12.5. The van der Waals surface area contributed by atoms with Gasteiger partial charge in [0.15, 0.2) is 5.65 Å². The Balaban J connectivity index is 1.52. The number of nitrogen functional groups attached to an aromatic ring is 1. The molecule has 0 fully saturated rings. The van der Waals surface area contributed by atoms with Crippen molar-refractivity contribution < 1.29 is 13.5 Å². The number of aliphatic hydroxyl groups excluding tert-OH is 1. The highest BCUT2D eigenvalue weighted by Gasteiger charge is 2.33. The van der Waals surface area contributed by atoms with E-state index in [1.165, 1.54) is 10.2 Å². The van der Waals surface area contributed by atoms with Crippen LogP contribution in [0, 0.1) is 13.8 Å². The maximum absolute atomic E-state index is 13.2. The van der Waals surface area contributed by atoms with E-state index in [0.29, 0.717) is 30.1 Å². The highest BCUT2D eigenvalue weighted by molar-refractivity contribution is 7.90. The molecule has 0 amide bonds. The standard InChI is InChI=1S/C23H23ClN6O3S/c1-13-3-5-17(6-4-13)34(32,33)30-8-7-18-14(2)15(9-26-21(18)30)10-29-11-16(12-31)19-20(24)27-23(25)28-22(19)29/h3-9,16,31H,10-12H2,1-2H3,(H2,25,27,28). The zero-order valence-electron chi connectivity index (χ0n) is 18.6. The lowest BCUT2D eigenvalue weighted by Gasteiger charge is -2.20. The molecule has 5 rings (SSSR count). The lowest BCUT2D eigenvalue weighted by molar-refractivity contribution is 0.270. The third kappa shape index (κ3) is 3.58. The molecule has 0 spiro atoms. The van der Waals surface area contributed by atoms with Crippen LogP contribution in [-0.2, 0) is 16.6 Å². The predicted molar refractivity (Wildman–Crippen MR) is 131 cm³/mol. The van der Waals surface area contributed by atoms with E-state index in [2.05, 4.69) is 15.0 Å². The minimum absolute atomic E-state index is 0.0658. The van der Waals surface area contributed by atoms with Gasteiger partial charge in [-0.3, -0.25) is 0 Å². The van der Waals surface area contributed by atoms with Crippen molar-refractivity contribution >= 4 is 44.4 Å². The zero-order chi connectivity index (χ0) is 24.2. The molecule has 0 saturated carbocycles. The largest absolute Gasteiger partial charge is 0.396 e. The molecule has 176 valence electrons. The first-order valence-electron chi connectivity index (χ1n) is 10.7. The van der Waals surface area contributed by atoms with E-state index in [0.717, 1.165) is 22.1 Å². The Morgan fingerprint density at radius 1 is 1.18 bits per heavy atom. The number of halogens is 1. The van der Waals surface area contributed by atoms with Gasteiger partial charge in [0, 0.05) is 42.4 Å². The quantitative estimate of drug-likeness (QED) is 0.402. The summed E-state index contributed by atoms with van der Waals surface area (Å²) in [6, 6.07) is 8.49. The van der Waals surface area contributed by atoms with E-state index in [-0.39, 0.29) is 28.5 Å². The van der Waals surface area contributed by atoms with Gasteiger partial charge in [-0.15, -0.1) is 0 Å². The molecule has 0 radical (unpaired) electrons. The van der Waals surface area contributed by atoms with Crippen molar-refractivity contribution in [3.8, 4) is 0 Å². The van der Waals surface area contributed by atoms with Crippen LogP contribution in [0.25, 0.3) is 11.0 Å². The highest BCUT2D eigenvalue weighted by atomic mass is 35.5. The van der Waals surface area contributed by atoms with E-state index in [9.17, 15) is 13.5 Å². The Morgan fingerprint density at radius 2 is 1.91 bits per heavy atom. The van der Waals surface area contributed by atoms with E-state index in [4.69, 9.17) is 17.3 Å². The number of benzene rings is 1. The fourth-order valence-corrected chi connectivity index (χ4v) is 6.01. The number of hydrogen-bond donors (Lipinski definition) is 2. The molecule has 1 atom stereocenters. The van der Waals surface area contributed by atoms with E-state index < -0.39 is 10.0 Å². The average molecular weight is 499 g/mol. The second-order valence-electron chi connectivity index (χ2n) is 8.45. The average Bonchev–Trinajstić information content (AvgIpc) is 3.38. The SMILES string of the molecule is Cc1ccc(S(=O)(=O)n2ccc3c(C)c(CN4CC(CO)c5c(Cl)nc(N)nc54)cnc32)cc1. The number of aromatic nitrogens is 4. The van der Waals surface area contributed by atoms with Crippen LogP contribution in [0.1, 0.15) is 28.2 Å². The van der Waals surface area contributed by atoms with E-state index in [1.807, 2.05) is 18.7 Å².